The van der Waals surface area contributed by atoms with E-state index in [1.165, 1.54) is 22.8 Å². The maximum atomic E-state index is 13.8. The van der Waals surface area contributed by atoms with Crippen LogP contribution in [-0.4, -0.2) is 25.1 Å². The van der Waals surface area contributed by atoms with Crippen LogP contribution in [0.15, 0.2) is 47.3 Å². The van der Waals surface area contributed by atoms with Gasteiger partial charge >= 0.3 is 5.97 Å². The molecule has 0 N–H and O–H groups in total. The maximum Gasteiger partial charge on any atom is 0.310 e. The summed E-state index contributed by atoms with van der Waals surface area (Å²) in [5.74, 6) is -0.557. The first kappa shape index (κ1) is 18.1. The minimum Gasteiger partial charge on any atom is -0.457 e. The molecule has 0 saturated heterocycles. The smallest absolute Gasteiger partial charge is 0.310 e. The van der Waals surface area contributed by atoms with Gasteiger partial charge in [-0.3, -0.25) is 18.6 Å². The van der Waals surface area contributed by atoms with Crippen molar-refractivity contribution in [3.63, 3.8) is 0 Å². The summed E-state index contributed by atoms with van der Waals surface area (Å²) in [4.78, 5) is 24.6. The van der Waals surface area contributed by atoms with Crippen LogP contribution in [0.4, 0.5) is 4.39 Å². The standard InChI is InChI=1S/C19H14ClFN4O3/c1-24-18(27)11-5-2-3-8-15(11)25-16(22-23-19(24)25)10-28-17(26)9-12-13(20)6-4-7-14(12)21/h2-8H,9-10H2,1H3. The molecule has 0 bridgehead atoms. The predicted octanol–water partition coefficient (Wildman–Crippen LogP) is 2.66. The van der Waals surface area contributed by atoms with Crippen molar-refractivity contribution in [2.45, 2.75) is 13.0 Å². The van der Waals surface area contributed by atoms with E-state index < -0.39 is 11.8 Å². The quantitative estimate of drug-likeness (QED) is 0.492. The topological polar surface area (TPSA) is 78.5 Å². The van der Waals surface area contributed by atoms with E-state index >= 15 is 0 Å². The summed E-state index contributed by atoms with van der Waals surface area (Å²) in [5.41, 5.74) is 0.482. The highest BCUT2D eigenvalue weighted by Gasteiger charge is 2.17. The third kappa shape index (κ3) is 3.01. The Hall–Kier alpha value is -3.26. The van der Waals surface area contributed by atoms with Crippen LogP contribution in [0.2, 0.25) is 5.02 Å². The van der Waals surface area contributed by atoms with E-state index in [2.05, 4.69) is 10.2 Å². The predicted molar refractivity (Wildman–Crippen MR) is 101 cm³/mol. The van der Waals surface area contributed by atoms with Gasteiger partial charge in [0.2, 0.25) is 5.78 Å². The average Bonchev–Trinajstić information content (AvgIpc) is 3.12. The summed E-state index contributed by atoms with van der Waals surface area (Å²) in [5, 5.41) is 8.71. The number of ether oxygens (including phenoxy) is 1. The highest BCUT2D eigenvalue weighted by Crippen LogP contribution is 2.20. The molecule has 0 spiro atoms. The molecule has 9 heteroatoms. The number of fused-ring (bicyclic) bond motifs is 3. The van der Waals surface area contributed by atoms with Gasteiger partial charge in [0.05, 0.1) is 17.3 Å². The molecule has 0 aliphatic rings. The summed E-state index contributed by atoms with van der Waals surface area (Å²) >= 11 is 5.94. The molecule has 142 valence electrons. The Bertz CT molecular complexity index is 1260. The lowest BCUT2D eigenvalue weighted by Gasteiger charge is -2.09. The Morgan fingerprint density at radius 3 is 2.75 bits per heavy atom. The Morgan fingerprint density at radius 2 is 1.96 bits per heavy atom. The molecule has 28 heavy (non-hydrogen) atoms. The van der Waals surface area contributed by atoms with E-state index in [1.54, 1.807) is 35.7 Å². The van der Waals surface area contributed by atoms with Crippen molar-refractivity contribution in [3.05, 3.63) is 75.0 Å². The van der Waals surface area contributed by atoms with Crippen molar-refractivity contribution >= 4 is 34.3 Å². The molecule has 0 aliphatic heterocycles. The molecule has 0 aliphatic carbocycles. The molecular weight excluding hydrogens is 387 g/mol. The van der Waals surface area contributed by atoms with Crippen molar-refractivity contribution < 1.29 is 13.9 Å². The largest absolute Gasteiger partial charge is 0.457 e. The van der Waals surface area contributed by atoms with Crippen molar-refractivity contribution in [1.82, 2.24) is 19.2 Å². The van der Waals surface area contributed by atoms with Gasteiger partial charge in [0, 0.05) is 17.6 Å². The van der Waals surface area contributed by atoms with E-state index in [0.717, 1.165) is 0 Å². The van der Waals surface area contributed by atoms with E-state index in [1.807, 2.05) is 0 Å². The van der Waals surface area contributed by atoms with Gasteiger partial charge in [-0.2, -0.15) is 0 Å². The number of benzene rings is 2. The Morgan fingerprint density at radius 1 is 1.18 bits per heavy atom. The first-order valence-corrected chi connectivity index (χ1v) is 8.75. The van der Waals surface area contributed by atoms with Gasteiger partial charge in [-0.15, -0.1) is 10.2 Å². The van der Waals surface area contributed by atoms with Gasteiger partial charge in [-0.05, 0) is 24.3 Å². The first-order valence-electron chi connectivity index (χ1n) is 8.37. The fraction of sp³-hybridized carbons (Fsp3) is 0.158. The van der Waals surface area contributed by atoms with E-state index in [0.29, 0.717) is 22.5 Å². The number of aromatic nitrogens is 4. The number of carbonyl (C=O) groups is 1. The molecular formula is C19H14ClFN4O3. The summed E-state index contributed by atoms with van der Waals surface area (Å²) in [6.07, 6.45) is -0.304. The minimum absolute atomic E-state index is 0.0770. The highest BCUT2D eigenvalue weighted by molar-refractivity contribution is 6.31. The van der Waals surface area contributed by atoms with Gasteiger partial charge in [-0.25, -0.2) is 4.39 Å². The van der Waals surface area contributed by atoms with Gasteiger partial charge in [-0.1, -0.05) is 29.8 Å². The number of para-hydroxylation sites is 1. The summed E-state index contributed by atoms with van der Waals surface area (Å²) in [6, 6.07) is 11.2. The summed E-state index contributed by atoms with van der Waals surface area (Å²) < 4.78 is 22.1. The second-order valence-corrected chi connectivity index (χ2v) is 6.58. The zero-order chi connectivity index (χ0) is 19.8. The van der Waals surface area contributed by atoms with Crippen LogP contribution in [0.3, 0.4) is 0 Å². The number of nitrogens with zero attached hydrogens (tertiary/aromatic N) is 4. The zero-order valence-electron chi connectivity index (χ0n) is 14.7. The van der Waals surface area contributed by atoms with Crippen LogP contribution in [0.25, 0.3) is 16.7 Å². The van der Waals surface area contributed by atoms with Gasteiger partial charge in [0.25, 0.3) is 5.56 Å². The van der Waals surface area contributed by atoms with Crippen molar-refractivity contribution in [2.75, 3.05) is 0 Å². The van der Waals surface area contributed by atoms with Crippen molar-refractivity contribution in [2.24, 2.45) is 7.05 Å². The van der Waals surface area contributed by atoms with Crippen molar-refractivity contribution in [1.29, 1.82) is 0 Å². The normalized spacial score (nSPS) is 11.2. The number of carbonyl (C=O) groups excluding carboxylic acids is 1. The van der Waals surface area contributed by atoms with Gasteiger partial charge in [0.15, 0.2) is 12.4 Å². The fourth-order valence-corrected chi connectivity index (χ4v) is 3.26. The second kappa shape index (κ2) is 7.05. The number of halogens is 2. The minimum atomic E-state index is -0.655. The lowest BCUT2D eigenvalue weighted by Crippen LogP contribution is -2.20. The van der Waals surface area contributed by atoms with Gasteiger partial charge in [0.1, 0.15) is 5.82 Å². The van der Waals surface area contributed by atoms with Gasteiger partial charge < -0.3 is 4.74 Å². The van der Waals surface area contributed by atoms with Crippen LogP contribution >= 0.6 is 11.6 Å². The number of aryl methyl sites for hydroxylation is 1. The molecule has 0 atom stereocenters. The highest BCUT2D eigenvalue weighted by atomic mass is 35.5. The Labute approximate surface area is 162 Å². The maximum absolute atomic E-state index is 13.8. The molecule has 7 nitrogen and oxygen atoms in total. The third-order valence-electron chi connectivity index (χ3n) is 4.44. The second-order valence-electron chi connectivity index (χ2n) is 6.17. The average molecular weight is 401 g/mol. The van der Waals surface area contributed by atoms with Crippen LogP contribution in [0, 0.1) is 5.82 Å². The van der Waals surface area contributed by atoms with Crippen molar-refractivity contribution in [3.8, 4) is 0 Å². The zero-order valence-corrected chi connectivity index (χ0v) is 15.5. The molecule has 0 fully saturated rings. The number of rotatable bonds is 4. The summed E-state index contributed by atoms with van der Waals surface area (Å²) in [7, 11) is 1.59. The molecule has 4 rings (SSSR count). The molecule has 2 aromatic carbocycles. The molecule has 0 amide bonds. The molecule has 0 radical (unpaired) electrons. The number of esters is 1. The molecule has 0 saturated carbocycles. The molecule has 0 unspecified atom stereocenters. The lowest BCUT2D eigenvalue weighted by molar-refractivity contribution is -0.144. The molecule has 4 aromatic rings. The molecule has 2 aromatic heterocycles. The fourth-order valence-electron chi connectivity index (χ4n) is 3.03. The lowest BCUT2D eigenvalue weighted by atomic mass is 10.1. The van der Waals surface area contributed by atoms with Crippen LogP contribution in [-0.2, 0) is 29.6 Å². The SMILES string of the molecule is Cn1c(=O)c2ccccc2n2c(COC(=O)Cc3c(F)cccc3Cl)nnc12. The molecule has 2 heterocycles. The number of hydrogen-bond donors (Lipinski definition) is 0. The van der Waals surface area contributed by atoms with E-state index in [9.17, 15) is 14.0 Å². The monoisotopic (exact) mass is 400 g/mol. The first-order chi connectivity index (χ1) is 13.5. The van der Waals surface area contributed by atoms with E-state index in [-0.39, 0.29) is 29.2 Å². The Kier molecular flexibility index (Phi) is 4.56. The summed E-state index contributed by atoms with van der Waals surface area (Å²) in [6.45, 7) is -0.186. The Balaban J connectivity index is 1.64. The third-order valence-corrected chi connectivity index (χ3v) is 4.79. The van der Waals surface area contributed by atoms with E-state index in [4.69, 9.17) is 16.3 Å². The van der Waals surface area contributed by atoms with Crippen LogP contribution < -0.4 is 5.56 Å². The number of hydrogen-bond acceptors (Lipinski definition) is 5. The van der Waals surface area contributed by atoms with Crippen LogP contribution in [0.5, 0.6) is 0 Å². The van der Waals surface area contributed by atoms with Crippen LogP contribution in [0.1, 0.15) is 11.4 Å².